The van der Waals surface area contributed by atoms with Crippen LogP contribution in [0.15, 0.2) is 42.5 Å². The van der Waals surface area contributed by atoms with E-state index in [-0.39, 0.29) is 23.7 Å². The number of urea groups is 1. The zero-order valence-electron chi connectivity index (χ0n) is 20.2. The fourth-order valence-electron chi connectivity index (χ4n) is 5.62. The van der Waals surface area contributed by atoms with Crippen LogP contribution in [0.5, 0.6) is 0 Å². The third-order valence-corrected chi connectivity index (χ3v) is 7.53. The first kappa shape index (κ1) is 24.6. The van der Waals surface area contributed by atoms with Crippen molar-refractivity contribution in [2.75, 3.05) is 25.0 Å². The van der Waals surface area contributed by atoms with E-state index in [4.69, 9.17) is 0 Å². The molecule has 34 heavy (non-hydrogen) atoms. The summed E-state index contributed by atoms with van der Waals surface area (Å²) in [6.45, 7) is 5.12. The third-order valence-electron chi connectivity index (χ3n) is 7.53. The summed E-state index contributed by atoms with van der Waals surface area (Å²) in [5.74, 6) is 0.547. The minimum atomic E-state index is -0.351. The molecule has 1 aliphatic heterocycles. The molecule has 0 bridgehead atoms. The Morgan fingerprint density at radius 3 is 2.59 bits per heavy atom. The molecular formula is C28H37F2N3O. The summed E-state index contributed by atoms with van der Waals surface area (Å²) < 4.78 is 26.8. The van der Waals surface area contributed by atoms with E-state index in [1.807, 2.05) is 19.1 Å². The van der Waals surface area contributed by atoms with Crippen LogP contribution in [-0.4, -0.2) is 36.6 Å². The number of hydrogen-bond donors (Lipinski definition) is 2. The van der Waals surface area contributed by atoms with E-state index >= 15 is 0 Å². The number of nitrogens with one attached hydrogen (secondary N) is 2. The van der Waals surface area contributed by atoms with Crippen LogP contribution in [0.25, 0.3) is 0 Å². The van der Waals surface area contributed by atoms with Crippen molar-refractivity contribution in [3.8, 4) is 0 Å². The number of anilines is 1. The van der Waals surface area contributed by atoms with E-state index < -0.39 is 0 Å². The zero-order chi connectivity index (χ0) is 23.9. The van der Waals surface area contributed by atoms with Crippen LogP contribution in [0.2, 0.25) is 0 Å². The van der Waals surface area contributed by atoms with Gasteiger partial charge in [-0.25, -0.2) is 13.6 Å². The Hall–Kier alpha value is -2.47. The number of aryl methyl sites for hydroxylation is 1. The molecular weight excluding hydrogens is 432 g/mol. The Bertz CT molecular complexity index is 949. The third kappa shape index (κ3) is 7.02. The molecule has 0 unspecified atom stereocenters. The van der Waals surface area contributed by atoms with Crippen LogP contribution in [-0.2, 0) is 6.42 Å². The molecule has 0 radical (unpaired) electrons. The number of carbonyl (C=O) groups is 1. The van der Waals surface area contributed by atoms with Gasteiger partial charge < -0.3 is 15.5 Å². The molecule has 0 aromatic heterocycles. The molecule has 1 aliphatic carbocycles. The number of benzene rings is 2. The largest absolute Gasteiger partial charge is 0.335 e. The molecule has 184 valence electrons. The van der Waals surface area contributed by atoms with E-state index in [1.165, 1.54) is 37.0 Å². The highest BCUT2D eigenvalue weighted by atomic mass is 19.1. The van der Waals surface area contributed by atoms with E-state index in [9.17, 15) is 13.6 Å². The summed E-state index contributed by atoms with van der Waals surface area (Å²) in [5.41, 5.74) is 2.58. The number of hydrogen-bond acceptors (Lipinski definition) is 2. The van der Waals surface area contributed by atoms with Gasteiger partial charge in [-0.2, -0.15) is 0 Å². The van der Waals surface area contributed by atoms with Gasteiger partial charge in [0.15, 0.2) is 0 Å². The van der Waals surface area contributed by atoms with Crippen molar-refractivity contribution in [3.05, 3.63) is 65.2 Å². The first-order valence-corrected chi connectivity index (χ1v) is 12.8. The molecule has 1 heterocycles. The topological polar surface area (TPSA) is 44.4 Å². The second kappa shape index (κ2) is 11.8. The van der Waals surface area contributed by atoms with Gasteiger partial charge in [0, 0.05) is 18.3 Å². The molecule has 2 aromatic rings. The van der Waals surface area contributed by atoms with Crippen molar-refractivity contribution >= 4 is 11.7 Å². The smallest absolute Gasteiger partial charge is 0.319 e. The lowest BCUT2D eigenvalue weighted by atomic mass is 9.82. The van der Waals surface area contributed by atoms with Crippen LogP contribution in [0.3, 0.4) is 0 Å². The minimum absolute atomic E-state index is 0.155. The molecule has 0 spiro atoms. The van der Waals surface area contributed by atoms with Crippen LogP contribution < -0.4 is 10.6 Å². The van der Waals surface area contributed by atoms with Gasteiger partial charge in [-0.15, -0.1) is 0 Å². The first-order chi connectivity index (χ1) is 16.5. The van der Waals surface area contributed by atoms with E-state index in [0.29, 0.717) is 17.5 Å². The molecule has 3 atom stereocenters. The molecule has 2 N–H and O–H groups in total. The van der Waals surface area contributed by atoms with Crippen LogP contribution >= 0.6 is 0 Å². The fourth-order valence-corrected chi connectivity index (χ4v) is 5.62. The molecule has 2 amide bonds. The van der Waals surface area contributed by atoms with Gasteiger partial charge in [-0.1, -0.05) is 31.0 Å². The predicted molar refractivity (Wildman–Crippen MR) is 133 cm³/mol. The number of piperidine rings is 1. The van der Waals surface area contributed by atoms with Crippen molar-refractivity contribution in [1.82, 2.24) is 10.2 Å². The van der Waals surface area contributed by atoms with Crippen LogP contribution in [0.4, 0.5) is 19.3 Å². The van der Waals surface area contributed by atoms with Crippen LogP contribution in [0, 0.1) is 30.4 Å². The van der Waals surface area contributed by atoms with Crippen molar-refractivity contribution in [1.29, 1.82) is 0 Å². The van der Waals surface area contributed by atoms with Gasteiger partial charge in [0.2, 0.25) is 0 Å². The van der Waals surface area contributed by atoms with Gasteiger partial charge in [-0.05, 0) is 106 Å². The molecule has 1 saturated heterocycles. The summed E-state index contributed by atoms with van der Waals surface area (Å²) in [5, 5.41) is 6.01. The lowest BCUT2D eigenvalue weighted by Gasteiger charge is -2.36. The predicted octanol–water partition coefficient (Wildman–Crippen LogP) is 6.30. The highest BCUT2D eigenvalue weighted by Crippen LogP contribution is 2.29. The first-order valence-electron chi connectivity index (χ1n) is 12.8. The molecule has 2 aromatic carbocycles. The minimum Gasteiger partial charge on any atom is -0.335 e. The van der Waals surface area contributed by atoms with Gasteiger partial charge in [0.05, 0.1) is 0 Å². The molecule has 4 nitrogen and oxygen atoms in total. The number of amides is 2. The Kier molecular flexibility index (Phi) is 8.54. The summed E-state index contributed by atoms with van der Waals surface area (Å²) >= 11 is 0. The van der Waals surface area contributed by atoms with Gasteiger partial charge in [0.25, 0.3) is 0 Å². The zero-order valence-corrected chi connectivity index (χ0v) is 20.2. The second-order valence-corrected chi connectivity index (χ2v) is 10.1. The monoisotopic (exact) mass is 469 g/mol. The van der Waals surface area contributed by atoms with Crippen molar-refractivity contribution in [2.24, 2.45) is 11.8 Å². The number of halogens is 2. The number of carbonyl (C=O) groups excluding carboxylic acids is 1. The maximum Gasteiger partial charge on any atom is 0.319 e. The quantitative estimate of drug-likeness (QED) is 0.500. The van der Waals surface area contributed by atoms with Crippen LogP contribution in [0.1, 0.15) is 56.1 Å². The summed E-state index contributed by atoms with van der Waals surface area (Å²) in [6.07, 6.45) is 8.97. The number of likely N-dealkylation sites (tertiary alicyclic amines) is 1. The van der Waals surface area contributed by atoms with Gasteiger partial charge in [0.1, 0.15) is 11.6 Å². The highest BCUT2D eigenvalue weighted by molar-refractivity contribution is 5.90. The summed E-state index contributed by atoms with van der Waals surface area (Å²) in [6, 6.07) is 11.3. The molecule has 2 fully saturated rings. The maximum atomic E-state index is 13.6. The number of nitrogens with zero attached hydrogens (tertiary/aromatic N) is 1. The average molecular weight is 470 g/mol. The van der Waals surface area contributed by atoms with Gasteiger partial charge in [-0.3, -0.25) is 0 Å². The molecule has 4 rings (SSSR count). The molecule has 6 heteroatoms. The lowest BCUT2D eigenvalue weighted by molar-refractivity contribution is 0.149. The molecule has 2 aliphatic rings. The highest BCUT2D eigenvalue weighted by Gasteiger charge is 2.28. The van der Waals surface area contributed by atoms with Crippen molar-refractivity contribution in [2.45, 2.75) is 64.3 Å². The molecule has 1 saturated carbocycles. The average Bonchev–Trinajstić information content (AvgIpc) is 2.83. The van der Waals surface area contributed by atoms with Gasteiger partial charge >= 0.3 is 6.03 Å². The summed E-state index contributed by atoms with van der Waals surface area (Å²) in [4.78, 5) is 15.2. The summed E-state index contributed by atoms with van der Waals surface area (Å²) in [7, 11) is 0. The van der Waals surface area contributed by atoms with Crippen molar-refractivity contribution in [3.63, 3.8) is 0 Å². The van der Waals surface area contributed by atoms with E-state index in [1.54, 1.807) is 18.2 Å². The lowest BCUT2D eigenvalue weighted by Crippen LogP contribution is -2.45. The fraction of sp³-hybridized carbons (Fsp3) is 0.536. The van der Waals surface area contributed by atoms with E-state index in [2.05, 4.69) is 15.5 Å². The Morgan fingerprint density at radius 2 is 1.76 bits per heavy atom. The van der Waals surface area contributed by atoms with E-state index in [0.717, 1.165) is 57.3 Å². The Balaban J connectivity index is 1.26. The maximum absolute atomic E-state index is 13.6. The second-order valence-electron chi connectivity index (χ2n) is 10.1. The Morgan fingerprint density at radius 1 is 1.00 bits per heavy atom. The normalized spacial score (nSPS) is 23.4. The van der Waals surface area contributed by atoms with Crippen molar-refractivity contribution < 1.29 is 13.6 Å². The number of rotatable bonds is 7. The SMILES string of the molecule is Cc1ccc(F)cc1NC(=O)N[C@@H]1CCCC[C@H]1CCN1CCC[C@@H](Cc2ccc(F)cc2)C1. The standard InChI is InChI=1S/C28H37F2N3O/c1-20-8-11-25(30)18-27(20)32-28(34)31-26-7-3-2-6-23(26)14-16-33-15-4-5-22(19-33)17-21-9-12-24(29)13-10-21/h8-13,18,22-23,26H,2-7,14-17,19H2,1H3,(H2,31,32,34)/t22-,23-,26+/m0/s1. The Labute approximate surface area is 202 Å².